The molecule has 1 unspecified atom stereocenters. The van der Waals surface area contributed by atoms with E-state index >= 15 is 0 Å². The molecule has 0 saturated carbocycles. The van der Waals surface area contributed by atoms with Gasteiger partial charge in [0, 0.05) is 5.92 Å². The lowest BCUT2D eigenvalue weighted by atomic mass is 10.0. The third-order valence-electron chi connectivity index (χ3n) is 2.94. The van der Waals surface area contributed by atoms with Gasteiger partial charge in [-0.1, -0.05) is 37.3 Å². The molecule has 4 nitrogen and oxygen atoms in total. The zero-order valence-electron chi connectivity index (χ0n) is 10.8. The van der Waals surface area contributed by atoms with Crippen LogP contribution < -0.4 is 11.1 Å². The average Bonchev–Trinajstić information content (AvgIpc) is 2.39. The molecule has 1 amide bonds. The molecule has 0 bridgehead atoms. The van der Waals surface area contributed by atoms with Gasteiger partial charge < -0.3 is 16.2 Å². The zero-order chi connectivity index (χ0) is 13.4. The Morgan fingerprint density at radius 2 is 2.06 bits per heavy atom. The lowest BCUT2D eigenvalue weighted by Crippen LogP contribution is -2.42. The summed E-state index contributed by atoms with van der Waals surface area (Å²) in [5.74, 6) is -0.157. The second-order valence-corrected chi connectivity index (χ2v) is 4.56. The number of carbonyl (C=O) groups excluding carboxylic acids is 1. The highest BCUT2D eigenvalue weighted by molar-refractivity contribution is 5.78. The first-order valence-electron chi connectivity index (χ1n) is 6.32. The molecular formula is C14H22N2O2. The first-order valence-corrected chi connectivity index (χ1v) is 6.32. The van der Waals surface area contributed by atoms with Crippen molar-refractivity contribution in [2.45, 2.75) is 25.8 Å². The first kappa shape index (κ1) is 14.7. The standard InChI is InChI=1S/C14H22N2O2/c1-11(7-8-15)14(18)16-13(10-17)9-12-5-3-2-4-6-12/h2-6,11,13,17H,7-10,15H2,1H3,(H,16,18)/t11?,13-/m0/s1. The van der Waals surface area contributed by atoms with Gasteiger partial charge in [-0.05, 0) is 24.9 Å². The summed E-state index contributed by atoms with van der Waals surface area (Å²) in [6.07, 6.45) is 1.30. The van der Waals surface area contributed by atoms with E-state index in [2.05, 4.69) is 5.32 Å². The van der Waals surface area contributed by atoms with Gasteiger partial charge in [0.2, 0.25) is 5.91 Å². The summed E-state index contributed by atoms with van der Waals surface area (Å²) in [5, 5.41) is 12.2. The maximum absolute atomic E-state index is 11.8. The van der Waals surface area contributed by atoms with E-state index in [-0.39, 0.29) is 24.5 Å². The predicted octanol–water partition coefficient (Wildman–Crippen LogP) is 0.691. The number of rotatable bonds is 7. The van der Waals surface area contributed by atoms with E-state index in [1.165, 1.54) is 0 Å². The molecule has 18 heavy (non-hydrogen) atoms. The SMILES string of the molecule is CC(CCN)C(=O)N[C@H](CO)Cc1ccccc1. The molecule has 0 fully saturated rings. The van der Waals surface area contributed by atoms with Gasteiger partial charge >= 0.3 is 0 Å². The fourth-order valence-electron chi connectivity index (χ4n) is 1.78. The lowest BCUT2D eigenvalue weighted by molar-refractivity contribution is -0.125. The van der Waals surface area contributed by atoms with Gasteiger partial charge in [-0.25, -0.2) is 0 Å². The normalized spacial score (nSPS) is 13.9. The molecule has 100 valence electrons. The molecule has 0 aromatic heterocycles. The van der Waals surface area contributed by atoms with Crippen LogP contribution in [0.15, 0.2) is 30.3 Å². The predicted molar refractivity (Wildman–Crippen MR) is 72.0 cm³/mol. The minimum Gasteiger partial charge on any atom is -0.394 e. The van der Waals surface area contributed by atoms with E-state index in [1.807, 2.05) is 37.3 Å². The Labute approximate surface area is 108 Å². The number of aliphatic hydroxyl groups is 1. The third kappa shape index (κ3) is 4.85. The van der Waals surface area contributed by atoms with Crippen molar-refractivity contribution < 1.29 is 9.90 Å². The highest BCUT2D eigenvalue weighted by atomic mass is 16.3. The van der Waals surface area contributed by atoms with Crippen molar-refractivity contribution in [2.75, 3.05) is 13.2 Å². The van der Waals surface area contributed by atoms with Gasteiger partial charge in [0.25, 0.3) is 0 Å². The Morgan fingerprint density at radius 3 is 2.61 bits per heavy atom. The fraction of sp³-hybridized carbons (Fsp3) is 0.500. The molecule has 2 atom stereocenters. The van der Waals surface area contributed by atoms with Gasteiger partial charge in [0.05, 0.1) is 12.6 Å². The molecule has 0 spiro atoms. The van der Waals surface area contributed by atoms with Crippen LogP contribution in [0.3, 0.4) is 0 Å². The topological polar surface area (TPSA) is 75.4 Å². The van der Waals surface area contributed by atoms with Gasteiger partial charge in [-0.15, -0.1) is 0 Å². The first-order chi connectivity index (χ1) is 8.67. The van der Waals surface area contributed by atoms with Crippen LogP contribution in [0, 0.1) is 5.92 Å². The molecular weight excluding hydrogens is 228 g/mol. The monoisotopic (exact) mass is 250 g/mol. The summed E-state index contributed by atoms with van der Waals surface area (Å²) in [7, 11) is 0. The zero-order valence-corrected chi connectivity index (χ0v) is 10.8. The number of benzene rings is 1. The molecule has 1 aromatic rings. The molecule has 0 saturated heterocycles. The fourth-order valence-corrected chi connectivity index (χ4v) is 1.78. The molecule has 1 rings (SSSR count). The summed E-state index contributed by atoms with van der Waals surface area (Å²) >= 11 is 0. The molecule has 1 aromatic carbocycles. The van der Waals surface area contributed by atoms with Gasteiger partial charge in [0.15, 0.2) is 0 Å². The highest BCUT2D eigenvalue weighted by Crippen LogP contribution is 2.05. The molecule has 0 aliphatic carbocycles. The molecule has 0 aliphatic rings. The second kappa shape index (κ2) is 7.84. The Balaban J connectivity index is 2.49. The van der Waals surface area contributed by atoms with E-state index in [1.54, 1.807) is 0 Å². The number of nitrogens with two attached hydrogens (primary N) is 1. The Morgan fingerprint density at radius 1 is 1.39 bits per heavy atom. The summed E-state index contributed by atoms with van der Waals surface area (Å²) < 4.78 is 0. The van der Waals surface area contributed by atoms with Crippen molar-refractivity contribution in [1.29, 1.82) is 0 Å². The maximum atomic E-state index is 11.8. The van der Waals surface area contributed by atoms with Crippen LogP contribution in [-0.2, 0) is 11.2 Å². The van der Waals surface area contributed by atoms with E-state index in [0.29, 0.717) is 19.4 Å². The van der Waals surface area contributed by atoms with Crippen LogP contribution >= 0.6 is 0 Å². The van der Waals surface area contributed by atoms with Crippen LogP contribution in [0.5, 0.6) is 0 Å². The lowest BCUT2D eigenvalue weighted by Gasteiger charge is -2.19. The van der Waals surface area contributed by atoms with Crippen molar-refractivity contribution in [3.05, 3.63) is 35.9 Å². The van der Waals surface area contributed by atoms with Crippen LogP contribution in [0.25, 0.3) is 0 Å². The number of aliphatic hydroxyl groups excluding tert-OH is 1. The van der Waals surface area contributed by atoms with Crippen LogP contribution in [0.1, 0.15) is 18.9 Å². The van der Waals surface area contributed by atoms with E-state index in [4.69, 9.17) is 5.73 Å². The smallest absolute Gasteiger partial charge is 0.223 e. The van der Waals surface area contributed by atoms with Crippen molar-refractivity contribution >= 4 is 5.91 Å². The van der Waals surface area contributed by atoms with Gasteiger partial charge in [-0.3, -0.25) is 4.79 Å². The van der Waals surface area contributed by atoms with Crippen LogP contribution in [0.4, 0.5) is 0 Å². The minimum atomic E-state index is -0.236. The van der Waals surface area contributed by atoms with E-state index in [9.17, 15) is 9.90 Å². The average molecular weight is 250 g/mol. The Kier molecular flexibility index (Phi) is 6.39. The minimum absolute atomic E-state index is 0.0459. The molecule has 0 aliphatic heterocycles. The van der Waals surface area contributed by atoms with Gasteiger partial charge in [0.1, 0.15) is 0 Å². The Bertz CT molecular complexity index is 354. The summed E-state index contributed by atoms with van der Waals surface area (Å²) in [5.41, 5.74) is 6.53. The van der Waals surface area contributed by atoms with Crippen LogP contribution in [0.2, 0.25) is 0 Å². The third-order valence-corrected chi connectivity index (χ3v) is 2.94. The van der Waals surface area contributed by atoms with Crippen molar-refractivity contribution in [3.63, 3.8) is 0 Å². The maximum Gasteiger partial charge on any atom is 0.223 e. The second-order valence-electron chi connectivity index (χ2n) is 4.56. The van der Waals surface area contributed by atoms with Crippen molar-refractivity contribution in [3.8, 4) is 0 Å². The quantitative estimate of drug-likeness (QED) is 0.666. The Hall–Kier alpha value is -1.39. The van der Waals surface area contributed by atoms with Crippen molar-refractivity contribution in [1.82, 2.24) is 5.32 Å². The number of hydrogen-bond donors (Lipinski definition) is 3. The van der Waals surface area contributed by atoms with E-state index < -0.39 is 0 Å². The summed E-state index contributed by atoms with van der Waals surface area (Å²) in [6.45, 7) is 2.28. The number of carbonyl (C=O) groups is 1. The summed E-state index contributed by atoms with van der Waals surface area (Å²) in [6, 6.07) is 9.57. The largest absolute Gasteiger partial charge is 0.394 e. The van der Waals surface area contributed by atoms with Crippen molar-refractivity contribution in [2.24, 2.45) is 11.7 Å². The van der Waals surface area contributed by atoms with Gasteiger partial charge in [-0.2, -0.15) is 0 Å². The molecule has 0 heterocycles. The van der Waals surface area contributed by atoms with E-state index in [0.717, 1.165) is 5.56 Å². The number of hydrogen-bond acceptors (Lipinski definition) is 3. The number of nitrogens with one attached hydrogen (secondary N) is 1. The molecule has 4 heteroatoms. The summed E-state index contributed by atoms with van der Waals surface area (Å²) in [4.78, 5) is 11.8. The molecule has 0 radical (unpaired) electrons. The highest BCUT2D eigenvalue weighted by Gasteiger charge is 2.16. The van der Waals surface area contributed by atoms with Crippen LogP contribution in [-0.4, -0.2) is 30.2 Å². The molecule has 4 N–H and O–H groups in total. The number of amides is 1.